The molecule has 2 fully saturated rings. The van der Waals surface area contributed by atoms with Crippen molar-refractivity contribution in [1.29, 1.82) is 0 Å². The molecule has 1 aromatic rings. The van der Waals surface area contributed by atoms with Gasteiger partial charge in [0.2, 0.25) is 0 Å². The minimum atomic E-state index is -0.527. The lowest BCUT2D eigenvalue weighted by atomic mass is 9.78. The Bertz CT molecular complexity index is 502. The molecule has 0 atom stereocenters. The molecule has 2 aliphatic carbocycles. The van der Waals surface area contributed by atoms with Gasteiger partial charge in [-0.05, 0) is 54.5 Å². The number of hydrogen-bond acceptors (Lipinski definition) is 0. The molecule has 0 heteroatoms. The number of hydrogen-bond donors (Lipinski definition) is 0. The fourth-order valence-electron chi connectivity index (χ4n) is 3.48. The topological polar surface area (TPSA) is 0 Å². The van der Waals surface area contributed by atoms with Gasteiger partial charge in [0.15, 0.2) is 0 Å². The van der Waals surface area contributed by atoms with Crippen LogP contribution < -0.4 is 0 Å². The van der Waals surface area contributed by atoms with Crippen molar-refractivity contribution in [2.75, 3.05) is 0 Å². The molecule has 0 bridgehead atoms. The molecule has 0 nitrogen and oxygen atoms in total. The summed E-state index contributed by atoms with van der Waals surface area (Å²) in [5, 5.41) is 0. The lowest BCUT2D eigenvalue weighted by Gasteiger charge is -2.27. The van der Waals surface area contributed by atoms with Gasteiger partial charge in [-0.2, -0.15) is 0 Å². The first-order valence-corrected chi connectivity index (χ1v) is 7.94. The van der Waals surface area contributed by atoms with Gasteiger partial charge in [0.1, 0.15) is 0 Å². The monoisotopic (exact) mass is 259 g/mol. The third-order valence-electron chi connectivity index (χ3n) is 4.87. The van der Waals surface area contributed by atoms with Crippen LogP contribution in [0.4, 0.5) is 0 Å². The Kier molecular flexibility index (Phi) is 3.22. The summed E-state index contributed by atoms with van der Waals surface area (Å²) >= 11 is 0. The van der Waals surface area contributed by atoms with E-state index in [4.69, 9.17) is 4.11 Å². The van der Waals surface area contributed by atoms with Crippen LogP contribution in [0.2, 0.25) is 0 Å². The van der Waals surface area contributed by atoms with Crippen LogP contribution in [0, 0.1) is 5.89 Å². The molecular formula is C19H28. The molecule has 2 aliphatic rings. The van der Waals surface area contributed by atoms with E-state index in [1.807, 2.05) is 6.92 Å². The van der Waals surface area contributed by atoms with Crippen LogP contribution in [-0.2, 0) is 0 Å². The number of benzene rings is 1. The maximum atomic E-state index is 8.77. The molecular weight excluding hydrogens is 228 g/mol. The van der Waals surface area contributed by atoms with Crippen LogP contribution in [0.25, 0.3) is 0 Å². The average molecular weight is 259 g/mol. The summed E-state index contributed by atoms with van der Waals surface area (Å²) in [7, 11) is 0. The highest BCUT2D eigenvalue weighted by Crippen LogP contribution is 2.37. The standard InChI is InChI=1S/C19H28/c1-15-7-9-17(10-8-15)19-13-11-18(12-14-19)16-5-3-2-4-6-16/h11-17H,2-10H2,1H3/i15D,16D,17D. The van der Waals surface area contributed by atoms with Gasteiger partial charge in [-0.25, -0.2) is 0 Å². The van der Waals surface area contributed by atoms with Gasteiger partial charge >= 0.3 is 0 Å². The predicted octanol–water partition coefficient (Wildman–Crippen LogP) is 6.03. The summed E-state index contributed by atoms with van der Waals surface area (Å²) in [6, 6.07) is 8.36. The zero-order valence-corrected chi connectivity index (χ0v) is 12.2. The quantitative estimate of drug-likeness (QED) is 0.608. The largest absolute Gasteiger partial charge is 0.0625 e. The third-order valence-corrected chi connectivity index (χ3v) is 4.87. The fourth-order valence-corrected chi connectivity index (χ4v) is 3.48. The first-order valence-electron chi connectivity index (χ1n) is 9.44. The van der Waals surface area contributed by atoms with Crippen molar-refractivity contribution in [2.24, 2.45) is 5.89 Å². The van der Waals surface area contributed by atoms with Crippen molar-refractivity contribution in [1.82, 2.24) is 0 Å². The SMILES string of the molecule is [2H]C1(C)CCC([2H])(c2ccc(C3([2H])CCCCC3)cc2)CC1. The highest BCUT2D eigenvalue weighted by atomic mass is 14.3. The second-order valence-electron chi connectivity index (χ2n) is 6.30. The van der Waals surface area contributed by atoms with Gasteiger partial charge in [0, 0.05) is 4.11 Å². The Labute approximate surface area is 122 Å². The summed E-state index contributed by atoms with van der Waals surface area (Å²) in [5.74, 6) is -1.28. The highest BCUT2D eigenvalue weighted by Gasteiger charge is 2.20. The highest BCUT2D eigenvalue weighted by molar-refractivity contribution is 5.28. The van der Waals surface area contributed by atoms with Gasteiger partial charge in [-0.3, -0.25) is 0 Å². The Hall–Kier alpha value is -0.780. The van der Waals surface area contributed by atoms with E-state index in [2.05, 4.69) is 24.3 Å². The Morgan fingerprint density at radius 3 is 1.74 bits per heavy atom. The summed E-state index contributed by atoms with van der Waals surface area (Å²) in [4.78, 5) is 0. The minimum Gasteiger partial charge on any atom is -0.0625 e. The zero-order valence-electron chi connectivity index (χ0n) is 15.2. The molecule has 3 rings (SSSR count). The van der Waals surface area contributed by atoms with Crippen molar-refractivity contribution >= 4 is 0 Å². The second kappa shape index (κ2) is 6.11. The molecule has 0 unspecified atom stereocenters. The number of rotatable bonds is 2. The molecule has 0 saturated heterocycles. The van der Waals surface area contributed by atoms with Gasteiger partial charge in [-0.1, -0.05) is 63.3 Å². The maximum absolute atomic E-state index is 8.77. The van der Waals surface area contributed by atoms with Crippen molar-refractivity contribution < 1.29 is 4.11 Å². The molecule has 0 spiro atoms. The molecule has 0 aromatic heterocycles. The molecule has 1 aromatic carbocycles. The maximum Gasteiger partial charge on any atom is 0.0352 e. The van der Waals surface area contributed by atoms with Crippen molar-refractivity contribution in [3.8, 4) is 0 Å². The van der Waals surface area contributed by atoms with E-state index < -0.39 is 11.8 Å². The predicted molar refractivity (Wildman–Crippen MR) is 82.6 cm³/mol. The molecule has 0 amide bonds. The lowest BCUT2D eigenvalue weighted by Crippen LogP contribution is -2.11. The van der Waals surface area contributed by atoms with Gasteiger partial charge < -0.3 is 0 Å². The third kappa shape index (κ3) is 3.22. The van der Waals surface area contributed by atoms with E-state index in [0.29, 0.717) is 0 Å². The summed E-state index contributed by atoms with van der Waals surface area (Å²) in [6.45, 7) is 1.99. The lowest BCUT2D eigenvalue weighted by molar-refractivity contribution is 0.348. The van der Waals surface area contributed by atoms with E-state index in [1.165, 1.54) is 6.42 Å². The average Bonchev–Trinajstić information content (AvgIpc) is 2.52. The second-order valence-corrected chi connectivity index (χ2v) is 6.30. The smallest absolute Gasteiger partial charge is 0.0352 e. The molecule has 2 saturated carbocycles. The van der Waals surface area contributed by atoms with E-state index in [0.717, 1.165) is 62.5 Å². The Balaban J connectivity index is 1.77. The van der Waals surface area contributed by atoms with Crippen LogP contribution >= 0.6 is 0 Å². The molecule has 0 radical (unpaired) electrons. The van der Waals surface area contributed by atoms with Gasteiger partial charge in [0.25, 0.3) is 0 Å². The first-order chi connectivity index (χ1) is 10.3. The van der Waals surface area contributed by atoms with Crippen molar-refractivity contribution in [2.45, 2.75) is 76.5 Å². The molecule has 0 heterocycles. The van der Waals surface area contributed by atoms with Crippen LogP contribution in [0.5, 0.6) is 0 Å². The van der Waals surface area contributed by atoms with Gasteiger partial charge in [-0.15, -0.1) is 0 Å². The molecule has 19 heavy (non-hydrogen) atoms. The zero-order chi connectivity index (χ0) is 15.8. The molecule has 0 aliphatic heterocycles. The van der Waals surface area contributed by atoms with E-state index in [-0.39, 0.29) is 5.89 Å². The fraction of sp³-hybridized carbons (Fsp3) is 0.684. The van der Waals surface area contributed by atoms with Crippen LogP contribution in [0.1, 0.15) is 91.7 Å². The van der Waals surface area contributed by atoms with E-state index >= 15 is 0 Å². The normalized spacial score (nSPS) is 41.0. The molecule has 0 N–H and O–H groups in total. The van der Waals surface area contributed by atoms with Crippen LogP contribution in [-0.4, -0.2) is 0 Å². The van der Waals surface area contributed by atoms with Crippen molar-refractivity contribution in [3.05, 3.63) is 35.4 Å². The minimum absolute atomic E-state index is 0.349. The van der Waals surface area contributed by atoms with E-state index in [1.54, 1.807) is 0 Å². The Morgan fingerprint density at radius 1 is 0.737 bits per heavy atom. The van der Waals surface area contributed by atoms with Crippen LogP contribution in [0.3, 0.4) is 0 Å². The Morgan fingerprint density at radius 2 is 1.21 bits per heavy atom. The first kappa shape index (κ1) is 10.0. The summed E-state index contributed by atoms with van der Waals surface area (Å²) in [6.07, 6.45) is 8.69. The molecule has 104 valence electrons. The van der Waals surface area contributed by atoms with Crippen LogP contribution in [0.15, 0.2) is 24.3 Å². The van der Waals surface area contributed by atoms with Crippen molar-refractivity contribution in [3.63, 3.8) is 0 Å². The summed E-state index contributed by atoms with van der Waals surface area (Å²) in [5.41, 5.74) is 2.20. The van der Waals surface area contributed by atoms with Gasteiger partial charge in [0.05, 0.1) is 0 Å². The summed E-state index contributed by atoms with van der Waals surface area (Å²) < 4.78 is 25.6. The van der Waals surface area contributed by atoms with E-state index in [9.17, 15) is 0 Å².